The van der Waals surface area contributed by atoms with Crippen molar-refractivity contribution in [3.05, 3.63) is 18.6 Å². The van der Waals surface area contributed by atoms with Crippen molar-refractivity contribution in [3.8, 4) is 0 Å². The molecular formula is C7H9O3. The van der Waals surface area contributed by atoms with E-state index in [1.165, 1.54) is 0 Å². The Balaban J connectivity index is 2.31. The summed E-state index contributed by atoms with van der Waals surface area (Å²) in [4.78, 5) is 9.73. The SMILES string of the molecule is C[C@]12[CH]C=C[C@H](OO1)[C@@H]2O. The summed E-state index contributed by atoms with van der Waals surface area (Å²) in [6, 6.07) is 0. The van der Waals surface area contributed by atoms with Gasteiger partial charge in [0.15, 0.2) is 0 Å². The Labute approximate surface area is 59.2 Å². The summed E-state index contributed by atoms with van der Waals surface area (Å²) in [5, 5.41) is 9.44. The topological polar surface area (TPSA) is 38.7 Å². The zero-order valence-electron chi connectivity index (χ0n) is 5.65. The fourth-order valence-electron chi connectivity index (χ4n) is 1.21. The average Bonchev–Trinajstić information content (AvgIpc) is 2.18. The van der Waals surface area contributed by atoms with Crippen LogP contribution in [0.2, 0.25) is 0 Å². The number of hydrogen-bond acceptors (Lipinski definition) is 3. The van der Waals surface area contributed by atoms with Gasteiger partial charge in [0.1, 0.15) is 17.8 Å². The Kier molecular flexibility index (Phi) is 1.15. The second kappa shape index (κ2) is 1.81. The lowest BCUT2D eigenvalue weighted by Crippen LogP contribution is -2.41. The van der Waals surface area contributed by atoms with Gasteiger partial charge in [-0.2, -0.15) is 0 Å². The molecule has 1 saturated heterocycles. The van der Waals surface area contributed by atoms with E-state index >= 15 is 0 Å². The maximum absolute atomic E-state index is 9.44. The van der Waals surface area contributed by atoms with Crippen molar-refractivity contribution in [1.82, 2.24) is 0 Å². The van der Waals surface area contributed by atoms with Gasteiger partial charge in [0.25, 0.3) is 0 Å². The van der Waals surface area contributed by atoms with Crippen LogP contribution in [-0.2, 0) is 9.78 Å². The highest BCUT2D eigenvalue weighted by Gasteiger charge is 2.48. The molecule has 1 heterocycles. The molecule has 3 nitrogen and oxygen atoms in total. The van der Waals surface area contributed by atoms with Crippen molar-refractivity contribution in [2.24, 2.45) is 0 Å². The summed E-state index contributed by atoms with van der Waals surface area (Å²) < 4.78 is 0. The number of rotatable bonds is 0. The molecule has 0 saturated carbocycles. The molecule has 3 heteroatoms. The fourth-order valence-corrected chi connectivity index (χ4v) is 1.21. The molecule has 0 aromatic rings. The summed E-state index contributed by atoms with van der Waals surface area (Å²) in [6.45, 7) is 1.79. The van der Waals surface area contributed by atoms with Crippen molar-refractivity contribution in [1.29, 1.82) is 0 Å². The van der Waals surface area contributed by atoms with Crippen LogP contribution in [0.25, 0.3) is 0 Å². The maximum Gasteiger partial charge on any atom is 0.140 e. The molecule has 3 atom stereocenters. The first-order valence-corrected chi connectivity index (χ1v) is 3.28. The van der Waals surface area contributed by atoms with Gasteiger partial charge in [-0.05, 0) is 6.92 Å². The third kappa shape index (κ3) is 0.653. The van der Waals surface area contributed by atoms with Crippen molar-refractivity contribution < 1.29 is 14.9 Å². The molecule has 0 unspecified atom stereocenters. The minimum Gasteiger partial charge on any atom is -0.387 e. The largest absolute Gasteiger partial charge is 0.387 e. The Morgan fingerprint density at radius 3 is 3.00 bits per heavy atom. The molecule has 1 radical (unpaired) electrons. The lowest BCUT2D eigenvalue weighted by Gasteiger charge is -2.24. The number of hydrogen-bond donors (Lipinski definition) is 1. The molecule has 1 fully saturated rings. The van der Waals surface area contributed by atoms with Crippen molar-refractivity contribution in [2.75, 3.05) is 0 Å². The van der Waals surface area contributed by atoms with E-state index in [-0.39, 0.29) is 6.10 Å². The first kappa shape index (κ1) is 6.34. The van der Waals surface area contributed by atoms with Crippen molar-refractivity contribution in [3.63, 3.8) is 0 Å². The quantitative estimate of drug-likeness (QED) is 0.490. The zero-order chi connectivity index (χ0) is 7.19. The number of aliphatic hydroxyl groups is 1. The summed E-state index contributed by atoms with van der Waals surface area (Å²) in [5.74, 6) is 0. The van der Waals surface area contributed by atoms with E-state index in [0.29, 0.717) is 0 Å². The number of fused-ring (bicyclic) bond motifs is 2. The lowest BCUT2D eigenvalue weighted by molar-refractivity contribution is -0.306. The van der Waals surface area contributed by atoms with Gasteiger partial charge in [0, 0.05) is 6.42 Å². The van der Waals surface area contributed by atoms with Gasteiger partial charge in [-0.25, -0.2) is 9.78 Å². The second-order valence-corrected chi connectivity index (χ2v) is 2.82. The van der Waals surface area contributed by atoms with Crippen molar-refractivity contribution >= 4 is 0 Å². The Hall–Kier alpha value is -0.380. The molecule has 0 spiro atoms. The highest BCUT2D eigenvalue weighted by Crippen LogP contribution is 2.35. The van der Waals surface area contributed by atoms with E-state index in [1.54, 1.807) is 19.4 Å². The summed E-state index contributed by atoms with van der Waals surface area (Å²) in [7, 11) is 0. The van der Waals surface area contributed by atoms with Crippen LogP contribution >= 0.6 is 0 Å². The van der Waals surface area contributed by atoms with Gasteiger partial charge < -0.3 is 5.11 Å². The Morgan fingerprint density at radius 2 is 2.40 bits per heavy atom. The van der Waals surface area contributed by atoms with Crippen LogP contribution in [-0.4, -0.2) is 22.9 Å². The van der Waals surface area contributed by atoms with E-state index in [2.05, 4.69) is 0 Å². The first-order chi connectivity index (χ1) is 4.72. The Morgan fingerprint density at radius 1 is 1.60 bits per heavy atom. The minimum atomic E-state index is -0.626. The molecular weight excluding hydrogens is 132 g/mol. The van der Waals surface area contributed by atoms with Gasteiger partial charge >= 0.3 is 0 Å². The monoisotopic (exact) mass is 141 g/mol. The Bertz CT molecular complexity index is 178. The zero-order valence-corrected chi connectivity index (χ0v) is 5.65. The number of aliphatic hydroxyl groups excluding tert-OH is 1. The normalized spacial score (nSPS) is 51.8. The maximum atomic E-state index is 9.44. The molecule has 2 bridgehead atoms. The van der Waals surface area contributed by atoms with Crippen LogP contribution in [0.4, 0.5) is 0 Å². The smallest absolute Gasteiger partial charge is 0.140 e. The van der Waals surface area contributed by atoms with Gasteiger partial charge in [0.05, 0.1) is 0 Å². The predicted octanol–water partition coefficient (Wildman–Crippen LogP) is 0.210. The third-order valence-electron chi connectivity index (χ3n) is 1.97. The lowest BCUT2D eigenvalue weighted by atomic mass is 9.87. The predicted molar refractivity (Wildman–Crippen MR) is 33.8 cm³/mol. The minimum absolute atomic E-state index is 0.282. The van der Waals surface area contributed by atoms with Gasteiger partial charge in [-0.15, -0.1) is 0 Å². The summed E-state index contributed by atoms with van der Waals surface area (Å²) >= 11 is 0. The van der Waals surface area contributed by atoms with Crippen LogP contribution in [0.1, 0.15) is 6.92 Å². The summed E-state index contributed by atoms with van der Waals surface area (Å²) in [5.41, 5.74) is -0.626. The van der Waals surface area contributed by atoms with E-state index < -0.39 is 11.7 Å². The van der Waals surface area contributed by atoms with E-state index in [9.17, 15) is 5.11 Å². The average molecular weight is 141 g/mol. The molecule has 2 aliphatic rings. The summed E-state index contributed by atoms with van der Waals surface area (Å²) in [6.07, 6.45) is 4.58. The van der Waals surface area contributed by atoms with Crippen LogP contribution in [0.5, 0.6) is 0 Å². The van der Waals surface area contributed by atoms with Gasteiger partial charge in [0.2, 0.25) is 0 Å². The van der Waals surface area contributed by atoms with E-state index in [1.807, 2.05) is 6.08 Å². The molecule has 1 aliphatic heterocycles. The highest BCUT2D eigenvalue weighted by molar-refractivity contribution is 5.20. The van der Waals surface area contributed by atoms with Crippen LogP contribution in [0, 0.1) is 6.42 Å². The fraction of sp³-hybridized carbons (Fsp3) is 0.571. The molecule has 10 heavy (non-hydrogen) atoms. The molecule has 0 amide bonds. The van der Waals surface area contributed by atoms with E-state index in [0.717, 1.165) is 0 Å². The van der Waals surface area contributed by atoms with Crippen molar-refractivity contribution in [2.45, 2.75) is 24.7 Å². The van der Waals surface area contributed by atoms with Crippen LogP contribution in [0.15, 0.2) is 12.2 Å². The van der Waals surface area contributed by atoms with Gasteiger partial charge in [-0.3, -0.25) is 0 Å². The molecule has 55 valence electrons. The van der Waals surface area contributed by atoms with Crippen LogP contribution < -0.4 is 0 Å². The molecule has 0 aromatic carbocycles. The van der Waals surface area contributed by atoms with Crippen LogP contribution in [0.3, 0.4) is 0 Å². The van der Waals surface area contributed by atoms with E-state index in [4.69, 9.17) is 9.78 Å². The third-order valence-corrected chi connectivity index (χ3v) is 1.97. The highest BCUT2D eigenvalue weighted by atomic mass is 17.2. The second-order valence-electron chi connectivity index (χ2n) is 2.82. The standard InChI is InChI=1S/C7H9O3/c1-7-4-2-3-5(6(7)8)9-10-7/h2-6,8H,1H3/t5-,6-,7+/m0/s1. The molecule has 2 rings (SSSR count). The molecule has 0 aromatic heterocycles. The molecule has 1 aliphatic carbocycles. The molecule has 1 N–H and O–H groups in total. The van der Waals surface area contributed by atoms with Gasteiger partial charge in [-0.1, -0.05) is 12.2 Å². The first-order valence-electron chi connectivity index (χ1n) is 3.28.